The van der Waals surface area contributed by atoms with Crippen LogP contribution in [0.5, 0.6) is 0 Å². The third-order valence-electron chi connectivity index (χ3n) is 3.96. The molecule has 0 spiro atoms. The second-order valence-corrected chi connectivity index (χ2v) is 5.80. The molecule has 1 saturated heterocycles. The topological polar surface area (TPSA) is 79.5 Å². The number of morpholine rings is 1. The summed E-state index contributed by atoms with van der Waals surface area (Å²) in [6.45, 7) is 6.04. The van der Waals surface area contributed by atoms with Gasteiger partial charge in [-0.05, 0) is 24.1 Å². The van der Waals surface area contributed by atoms with Crippen molar-refractivity contribution in [3.63, 3.8) is 0 Å². The van der Waals surface area contributed by atoms with Crippen LogP contribution in [0.15, 0.2) is 24.3 Å². The molecule has 1 aromatic rings. The van der Waals surface area contributed by atoms with Crippen molar-refractivity contribution < 1.29 is 14.3 Å². The highest BCUT2D eigenvalue weighted by atomic mass is 16.5. The van der Waals surface area contributed by atoms with Crippen molar-refractivity contribution in [1.82, 2.24) is 10.6 Å². The van der Waals surface area contributed by atoms with Crippen molar-refractivity contribution in [2.75, 3.05) is 25.1 Å². The van der Waals surface area contributed by atoms with E-state index < -0.39 is 0 Å². The molecular formula is C17H25N3O3. The number of carbonyl (C=O) groups excluding carboxylic acids is 2. The van der Waals surface area contributed by atoms with Gasteiger partial charge in [-0.1, -0.05) is 26.0 Å². The van der Waals surface area contributed by atoms with Gasteiger partial charge >= 0.3 is 0 Å². The summed E-state index contributed by atoms with van der Waals surface area (Å²) in [5.41, 5.74) is 1.69. The average molecular weight is 319 g/mol. The first-order valence-electron chi connectivity index (χ1n) is 8.08. The highest BCUT2D eigenvalue weighted by Crippen LogP contribution is 2.13. The van der Waals surface area contributed by atoms with Crippen LogP contribution in [0.1, 0.15) is 25.8 Å². The molecule has 23 heavy (non-hydrogen) atoms. The van der Waals surface area contributed by atoms with Gasteiger partial charge in [0.2, 0.25) is 11.8 Å². The molecule has 2 amide bonds. The molecule has 126 valence electrons. The molecule has 0 aromatic heterocycles. The van der Waals surface area contributed by atoms with Crippen molar-refractivity contribution in [3.8, 4) is 0 Å². The molecule has 2 unspecified atom stereocenters. The quantitative estimate of drug-likeness (QED) is 0.738. The lowest BCUT2D eigenvalue weighted by Gasteiger charge is -2.22. The summed E-state index contributed by atoms with van der Waals surface area (Å²) in [5, 5.41) is 8.91. The normalized spacial score (nSPS) is 19.0. The lowest BCUT2D eigenvalue weighted by molar-refractivity contribution is -0.126. The largest absolute Gasteiger partial charge is 0.378 e. The molecule has 6 nitrogen and oxygen atoms in total. The summed E-state index contributed by atoms with van der Waals surface area (Å²) in [5.74, 6) is -0.0771. The highest BCUT2D eigenvalue weighted by molar-refractivity contribution is 5.92. The van der Waals surface area contributed by atoms with Crippen LogP contribution in [0.2, 0.25) is 0 Å². The molecule has 6 heteroatoms. The van der Waals surface area contributed by atoms with Gasteiger partial charge in [-0.25, -0.2) is 0 Å². The van der Waals surface area contributed by atoms with Gasteiger partial charge in [-0.3, -0.25) is 9.59 Å². The number of benzene rings is 1. The van der Waals surface area contributed by atoms with Crippen molar-refractivity contribution in [3.05, 3.63) is 29.8 Å². The number of ether oxygens (including phenoxy) is 1. The summed E-state index contributed by atoms with van der Waals surface area (Å²) in [7, 11) is 0. The highest BCUT2D eigenvalue weighted by Gasteiger charge is 2.20. The van der Waals surface area contributed by atoms with E-state index in [-0.39, 0.29) is 23.8 Å². The van der Waals surface area contributed by atoms with Crippen molar-refractivity contribution in [2.24, 2.45) is 5.92 Å². The van der Waals surface area contributed by atoms with Crippen LogP contribution in [0.4, 0.5) is 5.69 Å². The van der Waals surface area contributed by atoms with E-state index in [2.05, 4.69) is 16.0 Å². The Labute approximate surface area is 137 Å². The third-order valence-corrected chi connectivity index (χ3v) is 3.96. The van der Waals surface area contributed by atoms with Gasteiger partial charge in [0, 0.05) is 24.7 Å². The molecule has 1 fully saturated rings. The molecule has 1 aromatic carbocycles. The molecule has 2 atom stereocenters. The Kier molecular flexibility index (Phi) is 6.55. The van der Waals surface area contributed by atoms with Crippen LogP contribution < -0.4 is 16.0 Å². The maximum atomic E-state index is 12.0. The fourth-order valence-corrected chi connectivity index (χ4v) is 2.26. The number of hydrogen-bond donors (Lipinski definition) is 3. The van der Waals surface area contributed by atoms with Gasteiger partial charge in [0.25, 0.3) is 0 Å². The van der Waals surface area contributed by atoms with E-state index in [4.69, 9.17) is 4.74 Å². The monoisotopic (exact) mass is 319 g/mol. The van der Waals surface area contributed by atoms with E-state index in [0.29, 0.717) is 26.3 Å². The minimum Gasteiger partial charge on any atom is -0.378 e. The number of rotatable bonds is 6. The summed E-state index contributed by atoms with van der Waals surface area (Å²) in [4.78, 5) is 24.0. The Bertz CT molecular complexity index is 542. The first-order chi connectivity index (χ1) is 11.1. The lowest BCUT2D eigenvalue weighted by atomic mass is 10.1. The Balaban J connectivity index is 1.87. The Morgan fingerprint density at radius 2 is 2.26 bits per heavy atom. The van der Waals surface area contributed by atoms with Crippen molar-refractivity contribution >= 4 is 17.5 Å². The van der Waals surface area contributed by atoms with Crippen LogP contribution in [-0.2, 0) is 20.9 Å². The maximum Gasteiger partial charge on any atom is 0.239 e. The summed E-state index contributed by atoms with van der Waals surface area (Å²) < 4.78 is 5.28. The fourth-order valence-electron chi connectivity index (χ4n) is 2.26. The van der Waals surface area contributed by atoms with E-state index in [1.54, 1.807) is 0 Å². The van der Waals surface area contributed by atoms with Crippen LogP contribution in [-0.4, -0.2) is 37.6 Å². The molecule has 1 heterocycles. The predicted molar refractivity (Wildman–Crippen MR) is 89.0 cm³/mol. The van der Waals surface area contributed by atoms with Crippen LogP contribution in [0, 0.1) is 5.92 Å². The second kappa shape index (κ2) is 8.64. The van der Waals surface area contributed by atoms with Crippen molar-refractivity contribution in [2.45, 2.75) is 32.9 Å². The fraction of sp³-hybridized carbons (Fsp3) is 0.529. The van der Waals surface area contributed by atoms with E-state index in [1.807, 2.05) is 38.1 Å². The summed E-state index contributed by atoms with van der Waals surface area (Å²) in [6.07, 6.45) is 0.804. The minimum atomic E-state index is -0.294. The average Bonchev–Trinajstić information content (AvgIpc) is 2.60. The molecular weight excluding hydrogens is 294 g/mol. The minimum absolute atomic E-state index is 0.0113. The number of carbonyl (C=O) groups is 2. The molecule has 0 bridgehead atoms. The predicted octanol–water partition coefficient (Wildman–Crippen LogP) is 1.28. The maximum absolute atomic E-state index is 12.0. The first kappa shape index (κ1) is 17.4. The lowest BCUT2D eigenvalue weighted by Crippen LogP contribution is -2.51. The van der Waals surface area contributed by atoms with Gasteiger partial charge in [0.05, 0.1) is 13.2 Å². The summed E-state index contributed by atoms with van der Waals surface area (Å²) in [6, 6.07) is 7.23. The smallest absolute Gasteiger partial charge is 0.239 e. The van der Waals surface area contributed by atoms with Gasteiger partial charge < -0.3 is 20.7 Å². The summed E-state index contributed by atoms with van der Waals surface area (Å²) >= 11 is 0. The first-order valence-corrected chi connectivity index (χ1v) is 8.08. The molecule has 0 aliphatic carbocycles. The Morgan fingerprint density at radius 1 is 1.43 bits per heavy atom. The Morgan fingerprint density at radius 3 is 2.96 bits per heavy atom. The number of hydrogen-bond acceptors (Lipinski definition) is 4. The van der Waals surface area contributed by atoms with Gasteiger partial charge in [0.15, 0.2) is 0 Å². The number of anilines is 1. The van der Waals surface area contributed by atoms with Crippen LogP contribution >= 0.6 is 0 Å². The third kappa shape index (κ3) is 5.33. The zero-order chi connectivity index (χ0) is 16.7. The second-order valence-electron chi connectivity index (χ2n) is 5.80. The van der Waals surface area contributed by atoms with Gasteiger partial charge in [0.1, 0.15) is 6.04 Å². The Hall–Kier alpha value is -1.92. The van der Waals surface area contributed by atoms with Gasteiger partial charge in [-0.2, -0.15) is 0 Å². The van der Waals surface area contributed by atoms with Crippen molar-refractivity contribution in [1.29, 1.82) is 0 Å². The van der Waals surface area contributed by atoms with E-state index in [9.17, 15) is 9.59 Å². The van der Waals surface area contributed by atoms with E-state index >= 15 is 0 Å². The molecule has 1 aliphatic rings. The SMILES string of the molecule is CCC(C)C(=O)Nc1cccc(CNC(=O)C2COCCN2)c1. The molecule has 0 saturated carbocycles. The molecule has 0 radical (unpaired) electrons. The van der Waals surface area contributed by atoms with Crippen LogP contribution in [0.3, 0.4) is 0 Å². The number of amides is 2. The van der Waals surface area contributed by atoms with E-state index in [1.165, 1.54) is 0 Å². The standard InChI is InChI=1S/C17H25N3O3/c1-3-12(2)16(21)20-14-6-4-5-13(9-14)10-19-17(22)15-11-23-8-7-18-15/h4-6,9,12,15,18H,3,7-8,10-11H2,1-2H3,(H,19,22)(H,20,21). The van der Waals surface area contributed by atoms with E-state index in [0.717, 1.165) is 17.7 Å². The zero-order valence-electron chi connectivity index (χ0n) is 13.7. The zero-order valence-corrected chi connectivity index (χ0v) is 13.7. The number of nitrogens with one attached hydrogen (secondary N) is 3. The molecule has 2 rings (SSSR count). The molecule has 3 N–H and O–H groups in total. The molecule has 1 aliphatic heterocycles. The van der Waals surface area contributed by atoms with Gasteiger partial charge in [-0.15, -0.1) is 0 Å². The van der Waals surface area contributed by atoms with Crippen LogP contribution in [0.25, 0.3) is 0 Å².